The first-order chi connectivity index (χ1) is 14.3. The van der Waals surface area contributed by atoms with E-state index in [9.17, 15) is 13.2 Å². The fourth-order valence-corrected chi connectivity index (χ4v) is 7.36. The summed E-state index contributed by atoms with van der Waals surface area (Å²) in [5, 5.41) is 0. The second-order valence-electron chi connectivity index (χ2n) is 10.0. The summed E-state index contributed by atoms with van der Waals surface area (Å²) in [6.07, 6.45) is 7.54. The lowest BCUT2D eigenvalue weighted by Crippen LogP contribution is -2.51. The minimum atomic E-state index is -4.65. The molecule has 5 saturated carbocycles. The Balaban J connectivity index is 1.26. The molecule has 1 atom stereocenters. The van der Waals surface area contributed by atoms with Crippen LogP contribution in [0.15, 0.2) is 30.3 Å². The highest BCUT2D eigenvalue weighted by atomic mass is 32.2. The summed E-state index contributed by atoms with van der Waals surface area (Å²) in [7, 11) is -4.65. The van der Waals surface area contributed by atoms with Gasteiger partial charge < -0.3 is 4.74 Å². The highest BCUT2D eigenvalue weighted by Crippen LogP contribution is 2.60. The molecule has 8 heteroatoms. The third-order valence-electron chi connectivity index (χ3n) is 7.44. The van der Waals surface area contributed by atoms with Crippen LogP contribution in [-0.4, -0.2) is 31.7 Å². The Bertz CT molecular complexity index is 868. The molecule has 164 valence electrons. The molecule has 0 radical (unpaired) electrons. The third-order valence-corrected chi connectivity index (χ3v) is 8.55. The number of carbonyl (C=O) groups excluding carboxylic acids is 1. The van der Waals surface area contributed by atoms with Gasteiger partial charge in [0, 0.05) is 16.0 Å². The van der Waals surface area contributed by atoms with Crippen LogP contribution in [0.1, 0.15) is 61.7 Å². The summed E-state index contributed by atoms with van der Waals surface area (Å²) in [4.78, 5) is 12.2. The van der Waals surface area contributed by atoms with Gasteiger partial charge in [0.25, 0.3) is 5.91 Å². The fourth-order valence-electron chi connectivity index (χ4n) is 6.42. The fraction of sp³-hybridized carbons (Fsp3) is 0.682. The number of nitrogens with one attached hydrogen (secondary N) is 1. The lowest BCUT2D eigenvalue weighted by atomic mass is 9.50. The maximum Gasteiger partial charge on any atom is 0.333 e. The van der Waals surface area contributed by atoms with Crippen molar-refractivity contribution in [2.75, 3.05) is 6.61 Å². The predicted octanol–water partition coefficient (Wildman–Crippen LogP) is 3.82. The molecule has 0 saturated heterocycles. The van der Waals surface area contributed by atoms with Gasteiger partial charge in [-0.05, 0) is 86.7 Å². The Morgan fingerprint density at radius 3 is 2.20 bits per heavy atom. The molecule has 1 unspecified atom stereocenters. The molecular formula is C22H29FN2O4S. The number of hydrogen-bond acceptors (Lipinski definition) is 4. The van der Waals surface area contributed by atoms with Crippen LogP contribution >= 0.6 is 0 Å². The van der Waals surface area contributed by atoms with Gasteiger partial charge in [0.05, 0.1) is 6.61 Å². The molecule has 0 aliphatic heterocycles. The molecule has 5 aliphatic carbocycles. The maximum atomic E-state index is 15.1. The Kier molecular flexibility index (Phi) is 5.14. The van der Waals surface area contributed by atoms with Crippen molar-refractivity contribution < 1.29 is 22.4 Å². The van der Waals surface area contributed by atoms with Crippen LogP contribution in [0.4, 0.5) is 4.48 Å². The van der Waals surface area contributed by atoms with Crippen LogP contribution in [0.2, 0.25) is 0 Å². The molecule has 1 amide bonds. The molecule has 6 rings (SSSR count). The van der Waals surface area contributed by atoms with Gasteiger partial charge in [-0.3, -0.25) is 4.79 Å². The Hall–Kier alpha value is -1.51. The van der Waals surface area contributed by atoms with E-state index in [1.54, 1.807) is 18.2 Å². The van der Waals surface area contributed by atoms with Gasteiger partial charge in [0.1, 0.15) is 0 Å². The predicted molar refractivity (Wildman–Crippen MR) is 109 cm³/mol. The van der Waals surface area contributed by atoms with Crippen molar-refractivity contribution in [2.24, 2.45) is 29.1 Å². The average Bonchev–Trinajstić information content (AvgIpc) is 3.52. The van der Waals surface area contributed by atoms with Crippen molar-refractivity contribution in [1.82, 2.24) is 9.25 Å². The molecule has 4 bridgehead atoms. The SMILES string of the molecule is O=C(NS(=O)(=O)N(F)C(OCC12CC3CC(CC(C3)C1)C2)C1CC1)c1ccccc1. The number of halogens is 1. The second-order valence-corrected chi connectivity index (χ2v) is 11.5. The molecule has 6 nitrogen and oxygen atoms in total. The third kappa shape index (κ3) is 4.01. The van der Waals surface area contributed by atoms with E-state index in [0.29, 0.717) is 6.61 Å². The van der Waals surface area contributed by atoms with Crippen molar-refractivity contribution in [3.63, 3.8) is 0 Å². The molecule has 0 aromatic heterocycles. The quantitative estimate of drug-likeness (QED) is 0.497. The van der Waals surface area contributed by atoms with Crippen LogP contribution in [0, 0.1) is 29.1 Å². The van der Waals surface area contributed by atoms with Crippen LogP contribution in [0.5, 0.6) is 0 Å². The van der Waals surface area contributed by atoms with E-state index >= 15 is 4.48 Å². The average molecular weight is 437 g/mol. The molecule has 1 aromatic carbocycles. The van der Waals surface area contributed by atoms with Gasteiger partial charge in [-0.1, -0.05) is 18.2 Å². The van der Waals surface area contributed by atoms with Crippen LogP contribution in [-0.2, 0) is 14.9 Å². The van der Waals surface area contributed by atoms with Crippen molar-refractivity contribution in [1.29, 1.82) is 0 Å². The lowest BCUT2D eigenvalue weighted by molar-refractivity contribution is -0.162. The van der Waals surface area contributed by atoms with Crippen LogP contribution < -0.4 is 4.72 Å². The minimum absolute atomic E-state index is 0.0692. The molecule has 1 N–H and O–H groups in total. The normalized spacial score (nSPS) is 33.6. The van der Waals surface area contributed by atoms with Gasteiger partial charge >= 0.3 is 10.2 Å². The number of ether oxygens (including phenoxy) is 1. The second kappa shape index (κ2) is 7.57. The van der Waals surface area contributed by atoms with Gasteiger partial charge in [0.15, 0.2) is 6.23 Å². The first-order valence-electron chi connectivity index (χ1n) is 11.0. The van der Waals surface area contributed by atoms with Gasteiger partial charge in [-0.15, -0.1) is 4.48 Å². The first-order valence-corrected chi connectivity index (χ1v) is 12.5. The number of nitrogens with zero attached hydrogens (tertiary/aromatic N) is 1. The summed E-state index contributed by atoms with van der Waals surface area (Å²) < 4.78 is 47.8. The van der Waals surface area contributed by atoms with E-state index in [4.69, 9.17) is 4.74 Å². The van der Waals surface area contributed by atoms with Gasteiger partial charge in [-0.2, -0.15) is 8.42 Å². The van der Waals surface area contributed by atoms with Crippen LogP contribution in [0.25, 0.3) is 0 Å². The van der Waals surface area contributed by atoms with Gasteiger partial charge in [-0.25, -0.2) is 4.72 Å². The molecule has 0 heterocycles. The zero-order chi connectivity index (χ0) is 20.9. The van der Waals surface area contributed by atoms with Crippen molar-refractivity contribution in [3.8, 4) is 0 Å². The van der Waals surface area contributed by atoms with Crippen molar-refractivity contribution in [3.05, 3.63) is 35.9 Å². The maximum absolute atomic E-state index is 15.1. The summed E-state index contributed by atoms with van der Waals surface area (Å²) in [6.45, 7) is 0.403. The highest BCUT2D eigenvalue weighted by Gasteiger charge is 2.52. The Labute approximate surface area is 177 Å². The standard InChI is InChI=1S/C22H29FN2O4S/c23-25(30(27,28)24-20(26)18-4-2-1-3-5-18)21(19-6-7-19)29-14-22-11-15-8-16(12-22)10-17(9-15)13-22/h1-5,15-17,19,21H,6-14H2,(H,24,26). The zero-order valence-corrected chi connectivity index (χ0v) is 17.8. The smallest absolute Gasteiger partial charge is 0.333 e. The number of hydrogen-bond donors (Lipinski definition) is 1. The Morgan fingerprint density at radius 2 is 1.67 bits per heavy atom. The van der Waals surface area contributed by atoms with E-state index in [1.165, 1.54) is 31.4 Å². The van der Waals surface area contributed by atoms with E-state index in [1.807, 2.05) is 4.72 Å². The van der Waals surface area contributed by atoms with Crippen molar-refractivity contribution in [2.45, 2.75) is 57.6 Å². The number of amides is 1. The topological polar surface area (TPSA) is 75.7 Å². The zero-order valence-electron chi connectivity index (χ0n) is 17.0. The summed E-state index contributed by atoms with van der Waals surface area (Å²) >= 11 is 0. The summed E-state index contributed by atoms with van der Waals surface area (Å²) in [6, 6.07) is 7.92. The molecule has 5 aliphatic rings. The molecular weight excluding hydrogens is 407 g/mol. The highest BCUT2D eigenvalue weighted by molar-refractivity contribution is 7.87. The molecule has 1 aromatic rings. The van der Waals surface area contributed by atoms with Gasteiger partial charge in [0.2, 0.25) is 0 Å². The van der Waals surface area contributed by atoms with Crippen molar-refractivity contribution >= 4 is 16.1 Å². The summed E-state index contributed by atoms with van der Waals surface area (Å²) in [5.41, 5.74) is 0.228. The van der Waals surface area contributed by atoms with E-state index in [-0.39, 0.29) is 21.4 Å². The van der Waals surface area contributed by atoms with E-state index < -0.39 is 22.3 Å². The Morgan fingerprint density at radius 1 is 1.10 bits per heavy atom. The monoisotopic (exact) mass is 436 g/mol. The minimum Gasteiger partial charge on any atom is -0.358 e. The lowest BCUT2D eigenvalue weighted by Gasteiger charge is -2.56. The van der Waals surface area contributed by atoms with E-state index in [2.05, 4.69) is 0 Å². The summed E-state index contributed by atoms with van der Waals surface area (Å²) in [5.74, 6) is 1.22. The van der Waals surface area contributed by atoms with E-state index in [0.717, 1.165) is 49.9 Å². The number of benzene rings is 1. The molecule has 0 spiro atoms. The number of carbonyl (C=O) groups is 1. The first kappa shape index (κ1) is 20.4. The van der Waals surface area contributed by atoms with Crippen LogP contribution in [0.3, 0.4) is 0 Å². The molecule has 30 heavy (non-hydrogen) atoms. The largest absolute Gasteiger partial charge is 0.358 e. The number of rotatable bonds is 8. The molecule has 5 fully saturated rings.